The number of nitrogens with zero attached hydrogens (tertiary/aromatic N) is 8. The van der Waals surface area contributed by atoms with E-state index in [0.29, 0.717) is 62.8 Å². The molecule has 0 radical (unpaired) electrons. The van der Waals surface area contributed by atoms with Crippen LogP contribution in [-0.2, 0) is 58.4 Å². The number of sulfone groups is 2. The Morgan fingerprint density at radius 3 is 1.18 bits per heavy atom. The molecule has 4 atom stereocenters. The van der Waals surface area contributed by atoms with E-state index in [4.69, 9.17) is 28.4 Å². The Hall–Kier alpha value is -11.0. The zero-order valence-corrected chi connectivity index (χ0v) is 66.6. The third kappa shape index (κ3) is 29.2. The second-order valence-corrected chi connectivity index (χ2v) is 31.2. The van der Waals surface area contributed by atoms with Gasteiger partial charge in [0.1, 0.15) is 17.5 Å². The van der Waals surface area contributed by atoms with Crippen LogP contribution in [0.1, 0.15) is 130 Å². The van der Waals surface area contributed by atoms with Gasteiger partial charge in [-0.15, -0.1) is 0 Å². The van der Waals surface area contributed by atoms with E-state index in [1.807, 2.05) is 97.9 Å². The van der Waals surface area contributed by atoms with E-state index < -0.39 is 71.7 Å². The van der Waals surface area contributed by atoms with Gasteiger partial charge in [-0.05, 0) is 131 Å². The molecule has 0 bridgehead atoms. The highest BCUT2D eigenvalue weighted by Gasteiger charge is 2.27. The van der Waals surface area contributed by atoms with Crippen molar-refractivity contribution in [2.75, 3.05) is 38.1 Å². The molecule has 119 heavy (non-hydrogen) atoms. The summed E-state index contributed by atoms with van der Waals surface area (Å²) in [4.78, 5) is 47.1. The van der Waals surface area contributed by atoms with Gasteiger partial charge < -0.3 is 44.4 Å². The molecule has 7 heterocycles. The van der Waals surface area contributed by atoms with E-state index >= 15 is 0 Å². The molecule has 0 saturated carbocycles. The Morgan fingerprint density at radius 1 is 0.462 bits per heavy atom. The van der Waals surface area contributed by atoms with Crippen LogP contribution in [0.15, 0.2) is 239 Å². The number of aromatic amines is 1. The molecule has 0 spiro atoms. The van der Waals surface area contributed by atoms with Crippen LogP contribution in [0.25, 0.3) is 33.8 Å². The van der Waals surface area contributed by atoms with Crippen LogP contribution in [0.3, 0.4) is 0 Å². The van der Waals surface area contributed by atoms with Gasteiger partial charge in [0.2, 0.25) is 41.7 Å². The van der Waals surface area contributed by atoms with E-state index in [1.165, 1.54) is 93.8 Å². The number of H-pyrrole nitrogens is 1. The van der Waals surface area contributed by atoms with Gasteiger partial charge in [0.15, 0.2) is 22.6 Å². The van der Waals surface area contributed by atoms with E-state index in [1.54, 1.807) is 80.6 Å². The summed E-state index contributed by atoms with van der Waals surface area (Å²) < 4.78 is 170. The zero-order valence-electron chi connectivity index (χ0n) is 64.1. The fourth-order valence-electron chi connectivity index (χ4n) is 11.6. The van der Waals surface area contributed by atoms with Crippen molar-refractivity contribution in [3.63, 3.8) is 0 Å². The number of ether oxygens (including phenoxy) is 6. The summed E-state index contributed by atoms with van der Waals surface area (Å²) in [6.45, 7) is 8.32. The van der Waals surface area contributed by atoms with E-state index in [2.05, 4.69) is 51.8 Å². The molecule has 5 N–H and O–H groups in total. The van der Waals surface area contributed by atoms with Gasteiger partial charge in [-0.2, -0.15) is 0 Å². The Morgan fingerprint density at radius 2 is 0.824 bits per heavy atom. The third-order valence-electron chi connectivity index (χ3n) is 17.6. The van der Waals surface area contributed by atoms with Crippen molar-refractivity contribution in [3.8, 4) is 45.5 Å². The maximum Gasteiger partial charge on any atom is 0.283 e. The molecule has 1 saturated heterocycles. The van der Waals surface area contributed by atoms with Crippen molar-refractivity contribution in [3.05, 3.63) is 315 Å². The fraction of sp³-hybridized carbons (Fsp3) is 0.284. The number of aromatic nitrogens is 9. The van der Waals surface area contributed by atoms with Crippen LogP contribution < -0.4 is 15.0 Å². The Balaban J connectivity index is 0.000000300. The molecule has 1 fully saturated rings. The number of benzene rings is 6. The number of hydrogen-bond donors (Lipinski definition) is 1. The maximum atomic E-state index is 14.2. The monoisotopic (exact) mass is 1700 g/mol. The first kappa shape index (κ1) is 98.6. The average Bonchev–Trinajstić information content (AvgIpc) is 1.01. The Kier molecular flexibility index (Phi) is 39.9. The first-order valence-corrected chi connectivity index (χ1v) is 40.5. The van der Waals surface area contributed by atoms with E-state index in [0.717, 1.165) is 35.1 Å². The Labute approximate surface area is 694 Å². The summed E-state index contributed by atoms with van der Waals surface area (Å²) in [5.74, 6) is -3.55. The molecular formula is C88H99F6N9O13S3. The summed E-state index contributed by atoms with van der Waals surface area (Å²) in [6, 6.07) is 55.5. The van der Waals surface area contributed by atoms with Crippen molar-refractivity contribution in [1.82, 2.24) is 44.9 Å². The number of methoxy groups -OCH3 is 2. The maximum absolute atomic E-state index is 14.2. The highest BCUT2D eigenvalue weighted by atomic mass is 32.2. The van der Waals surface area contributed by atoms with Crippen LogP contribution in [0.2, 0.25) is 0 Å². The van der Waals surface area contributed by atoms with Crippen molar-refractivity contribution >= 4 is 31.4 Å². The van der Waals surface area contributed by atoms with E-state index in [9.17, 15) is 48.0 Å². The average molecular weight is 1700 g/mol. The predicted molar refractivity (Wildman–Crippen MR) is 448 cm³/mol. The normalized spacial score (nSPS) is 12.8. The molecule has 0 aliphatic carbocycles. The first-order chi connectivity index (χ1) is 54.9. The lowest BCUT2D eigenvalue weighted by Gasteiger charge is -2.19. The van der Waals surface area contributed by atoms with Crippen LogP contribution in [0, 0.1) is 55.7 Å². The topological polar surface area (TPSA) is 323 Å². The number of hydrogen-bond acceptors (Lipinski definition) is 20. The van der Waals surface area contributed by atoms with Gasteiger partial charge >= 0.3 is 0 Å². The van der Waals surface area contributed by atoms with Crippen molar-refractivity contribution in [2.45, 2.75) is 142 Å². The van der Waals surface area contributed by atoms with Gasteiger partial charge in [-0.3, -0.25) is 4.79 Å². The highest BCUT2D eigenvalue weighted by molar-refractivity contribution is 7.99. The summed E-state index contributed by atoms with van der Waals surface area (Å²) in [6.07, 6.45) is 6.59. The molecule has 6 aromatic heterocycles. The van der Waals surface area contributed by atoms with Crippen LogP contribution in [0.4, 0.5) is 26.3 Å². The van der Waals surface area contributed by atoms with Crippen LogP contribution in [-0.4, -0.2) is 117 Å². The van der Waals surface area contributed by atoms with Gasteiger partial charge in [0.05, 0.1) is 87.0 Å². The minimum atomic E-state index is -3.97. The number of nitrogens with one attached hydrogen (secondary N) is 1. The molecule has 22 nitrogen and oxygen atoms in total. The summed E-state index contributed by atoms with van der Waals surface area (Å²) in [5, 5.41) is -0.207. The van der Waals surface area contributed by atoms with Crippen molar-refractivity contribution in [1.29, 1.82) is 0 Å². The number of pyridine rings is 3. The molecule has 1 aliphatic rings. The molecule has 13 rings (SSSR count). The molecule has 1 aliphatic heterocycles. The summed E-state index contributed by atoms with van der Waals surface area (Å²) >= 11 is 1.49. The molecule has 0 amide bonds. The van der Waals surface area contributed by atoms with Gasteiger partial charge in [0, 0.05) is 81.4 Å². The van der Waals surface area contributed by atoms with Gasteiger partial charge in [-0.1, -0.05) is 180 Å². The molecule has 634 valence electrons. The number of rotatable bonds is 29. The molecular weight excluding hydrogens is 1600 g/mol. The minimum Gasteiger partial charge on any atom is -0.479 e. The minimum absolute atomic E-state index is 0. The van der Waals surface area contributed by atoms with Gasteiger partial charge in [0.25, 0.3) is 5.56 Å². The molecule has 12 aromatic rings. The third-order valence-corrected chi connectivity index (χ3v) is 21.5. The molecule has 6 aromatic carbocycles. The summed E-state index contributed by atoms with van der Waals surface area (Å²) in [7, 11) is -5.24. The second kappa shape index (κ2) is 48.2. The first-order valence-electron chi connectivity index (χ1n) is 36.2. The number of aryl methyl sites for hydroxylation is 3. The fourth-order valence-corrected chi connectivity index (χ4v) is 14.9. The van der Waals surface area contributed by atoms with Crippen LogP contribution in [0.5, 0.6) is 11.8 Å². The smallest absolute Gasteiger partial charge is 0.283 e. The molecule has 31 heteroatoms. The number of halogens is 6. The lowest BCUT2D eigenvalue weighted by atomic mass is 10.1. The number of thioether (sulfide) groups is 1. The summed E-state index contributed by atoms with van der Waals surface area (Å²) in [5.41, 5.74) is 6.44. The van der Waals surface area contributed by atoms with Gasteiger partial charge in [-0.25, -0.2) is 83.0 Å². The largest absolute Gasteiger partial charge is 0.479 e. The quantitative estimate of drug-likeness (QED) is 0.0258. The van der Waals surface area contributed by atoms with Crippen LogP contribution >= 0.6 is 11.8 Å². The van der Waals surface area contributed by atoms with Crippen molar-refractivity contribution < 1.29 is 82.6 Å². The lowest BCUT2D eigenvalue weighted by molar-refractivity contribution is 0.0360. The molecule has 4 unspecified atom stereocenters. The second-order valence-electron chi connectivity index (χ2n) is 26.1. The standard InChI is InChI=1S/C27H25F2N3O4S.C27H25F2N3O2S.C26H23F2N3O4S.C5H10O.3CH4.2H2O/c1-18-14-24(21-15-23(29)26(35-2)30-16-21)32-27(31-18)37(33,34)13-12-25(19-8-4-3-5-9-19)36-17-20-10-6-7-11-22(20)28;1-18-14-24(21-15-23(29)26(33-2)30-16-21)32-27(31-18)35-13-12-25(19-8-4-3-5-9-19)34-17-20-10-6-7-11-22(20)28;1-17-13-23(20-14-22(28)25(32)29-15-20)31-26(30-17)36(33,34)12-11-24(18-7-3-2-4-8-18)35-16-19-9-5-6-10-21(19)27;1-5-3-2-4-6-5;;;;;/h3-11,14-16,25H,12-13,17H2,1-2H3;3-11,14-16,25H,12-13,17H2,1-2H3;2-10,13-15,24H,11-12,16H2,1H3,(H,29,32);5H,2-4H2,1H3;3*1H4;2*1H2. The lowest BCUT2D eigenvalue weighted by Crippen LogP contribution is -2.16. The van der Waals surface area contributed by atoms with Crippen molar-refractivity contribution in [2.24, 2.45) is 0 Å². The SMILES string of the molecule is C.C.C.CC1CCCO1.COc1ncc(-c2cc(C)nc(S(=O)(=O)CCC(OCc3ccccc3F)c3ccccc3)n2)cc1F.COc1ncc(-c2cc(C)nc(SCCC(OCc3ccccc3F)c3ccccc3)n2)cc1F.Cc1cc(-c2c[nH]c(=O)c(F)c2)nc(S(=O)(=O)CCC(OCc2ccccc2F)c2ccccc2)n1.O.O. The van der Waals surface area contributed by atoms with E-state index in [-0.39, 0.29) is 129 Å². The predicted octanol–water partition coefficient (Wildman–Crippen LogP) is 17.8. The zero-order chi connectivity index (χ0) is 81.2. The highest BCUT2D eigenvalue weighted by Crippen LogP contribution is 2.33. The Bertz CT molecular complexity index is 5470.